The molecule has 0 unspecified atom stereocenters. The maximum absolute atomic E-state index is 12.9. The number of hydrogen-bond acceptors (Lipinski definition) is 2. The largest absolute Gasteiger partial charge is 0.420 e. The van der Waals surface area contributed by atoms with E-state index in [1.807, 2.05) is 0 Å². The molecule has 0 N–H and O–H groups in total. The van der Waals surface area contributed by atoms with Crippen LogP contribution in [0.15, 0.2) is 17.1 Å². The normalized spacial score (nSPS) is 11.0. The number of benzene rings is 1. The van der Waals surface area contributed by atoms with Gasteiger partial charge in [-0.3, -0.25) is 0 Å². The number of hydrogen-bond donors (Lipinski definition) is 0. The minimum atomic E-state index is -4.81. The summed E-state index contributed by atoms with van der Waals surface area (Å²) >= 11 is 1.28. The monoisotopic (exact) mass is 331 g/mol. The Balaban J connectivity index is 3.50. The third-order valence-corrected chi connectivity index (χ3v) is 2.61. The fraction of sp³-hybridized carbons (Fsp3) is 0.125. The Morgan fingerprint density at radius 2 is 1.93 bits per heavy atom. The van der Waals surface area contributed by atoms with Crippen molar-refractivity contribution in [3.8, 4) is 0 Å². The molecular formula is C8H2F4INO. The molecule has 0 atom stereocenters. The van der Waals surface area contributed by atoms with E-state index in [1.54, 1.807) is 0 Å². The average Bonchev–Trinajstić information content (AvgIpc) is 2.08. The van der Waals surface area contributed by atoms with Gasteiger partial charge in [0.1, 0.15) is 11.4 Å². The zero-order valence-corrected chi connectivity index (χ0v) is 9.06. The van der Waals surface area contributed by atoms with Crippen molar-refractivity contribution in [2.75, 3.05) is 0 Å². The zero-order chi connectivity index (χ0) is 11.6. The number of aliphatic imine (C=N–C) groups is 1. The van der Waals surface area contributed by atoms with Gasteiger partial charge in [0.2, 0.25) is 6.08 Å². The molecule has 0 fully saturated rings. The Kier molecular flexibility index (Phi) is 3.46. The topological polar surface area (TPSA) is 29.4 Å². The van der Waals surface area contributed by atoms with Crippen molar-refractivity contribution >= 4 is 34.4 Å². The first kappa shape index (κ1) is 12.1. The van der Waals surface area contributed by atoms with Gasteiger partial charge in [-0.2, -0.15) is 18.2 Å². The lowest BCUT2D eigenvalue weighted by molar-refractivity contribution is -0.140. The lowest BCUT2D eigenvalue weighted by atomic mass is 10.2. The first-order chi connectivity index (χ1) is 6.88. The van der Waals surface area contributed by atoms with Crippen LogP contribution in [0.3, 0.4) is 0 Å². The highest BCUT2D eigenvalue weighted by atomic mass is 127. The highest BCUT2D eigenvalue weighted by Gasteiger charge is 2.37. The molecule has 0 amide bonds. The first-order valence-corrected chi connectivity index (χ1v) is 4.59. The molecule has 80 valence electrons. The van der Waals surface area contributed by atoms with Crippen LogP contribution in [0.1, 0.15) is 5.56 Å². The Bertz CT molecular complexity index is 437. The predicted molar refractivity (Wildman–Crippen MR) is 51.9 cm³/mol. The third-order valence-electron chi connectivity index (χ3n) is 1.52. The summed E-state index contributed by atoms with van der Waals surface area (Å²) in [5.74, 6) is -1.39. The van der Waals surface area contributed by atoms with Gasteiger partial charge in [0.05, 0.1) is 9.26 Å². The van der Waals surface area contributed by atoms with Crippen molar-refractivity contribution in [2.45, 2.75) is 6.18 Å². The van der Waals surface area contributed by atoms with E-state index >= 15 is 0 Å². The lowest BCUT2D eigenvalue weighted by Crippen LogP contribution is -2.10. The molecule has 0 aliphatic carbocycles. The molecule has 0 aromatic heterocycles. The van der Waals surface area contributed by atoms with Crippen molar-refractivity contribution in [2.24, 2.45) is 4.99 Å². The van der Waals surface area contributed by atoms with Gasteiger partial charge < -0.3 is 0 Å². The Morgan fingerprint density at radius 3 is 2.40 bits per heavy atom. The summed E-state index contributed by atoms with van der Waals surface area (Å²) in [4.78, 5) is 12.9. The van der Waals surface area contributed by atoms with E-state index in [9.17, 15) is 22.4 Å². The molecule has 1 aromatic carbocycles. The van der Waals surface area contributed by atoms with Gasteiger partial charge in [-0.15, -0.1) is 0 Å². The van der Waals surface area contributed by atoms with Crippen LogP contribution < -0.4 is 0 Å². The molecule has 0 aliphatic heterocycles. The van der Waals surface area contributed by atoms with E-state index in [1.165, 1.54) is 22.6 Å². The highest BCUT2D eigenvalue weighted by Crippen LogP contribution is 2.38. The number of isocyanates is 1. The summed E-state index contributed by atoms with van der Waals surface area (Å²) in [5, 5.41) is 0. The molecular weight excluding hydrogens is 329 g/mol. The van der Waals surface area contributed by atoms with Crippen LogP contribution >= 0.6 is 22.6 Å². The second kappa shape index (κ2) is 4.28. The van der Waals surface area contributed by atoms with Crippen LogP contribution in [0.2, 0.25) is 0 Å². The molecule has 2 nitrogen and oxygen atoms in total. The van der Waals surface area contributed by atoms with Gasteiger partial charge in [0.15, 0.2) is 0 Å². The van der Waals surface area contributed by atoms with Gasteiger partial charge in [0.25, 0.3) is 0 Å². The molecule has 0 bridgehead atoms. The highest BCUT2D eigenvalue weighted by molar-refractivity contribution is 14.1. The van der Waals surface area contributed by atoms with Crippen molar-refractivity contribution < 1.29 is 22.4 Å². The van der Waals surface area contributed by atoms with E-state index in [2.05, 4.69) is 4.99 Å². The molecule has 0 spiro atoms. The van der Waals surface area contributed by atoms with Gasteiger partial charge in [-0.1, -0.05) is 0 Å². The smallest absolute Gasteiger partial charge is 0.211 e. The van der Waals surface area contributed by atoms with Crippen molar-refractivity contribution in [3.63, 3.8) is 0 Å². The molecule has 1 aromatic rings. The van der Waals surface area contributed by atoms with Crippen molar-refractivity contribution in [1.29, 1.82) is 0 Å². The number of rotatable bonds is 1. The molecule has 0 radical (unpaired) electrons. The Labute approximate surface area is 95.1 Å². The van der Waals surface area contributed by atoms with Crippen molar-refractivity contribution in [3.05, 3.63) is 27.1 Å². The summed E-state index contributed by atoms with van der Waals surface area (Å²) in [6.07, 6.45) is -3.71. The summed E-state index contributed by atoms with van der Waals surface area (Å²) in [5.41, 5.74) is -1.67. The van der Waals surface area contributed by atoms with Gasteiger partial charge in [-0.05, 0) is 34.7 Å². The number of alkyl halides is 3. The number of nitrogens with zero attached hydrogens (tertiary/aromatic N) is 1. The van der Waals surface area contributed by atoms with E-state index in [4.69, 9.17) is 0 Å². The molecule has 0 saturated heterocycles. The predicted octanol–water partition coefficient (Wildman–Crippen LogP) is 3.42. The fourth-order valence-corrected chi connectivity index (χ4v) is 1.80. The zero-order valence-electron chi connectivity index (χ0n) is 6.90. The van der Waals surface area contributed by atoms with Crippen LogP contribution in [0.25, 0.3) is 0 Å². The minimum Gasteiger partial charge on any atom is -0.211 e. The SMILES string of the molecule is O=C=Nc1ccc(F)c(C(F)(F)F)c1I. The van der Waals surface area contributed by atoms with Crippen LogP contribution in [-0.4, -0.2) is 6.08 Å². The standard InChI is InChI=1S/C8H2F4INO/c9-4-1-2-5(14-3-15)7(13)6(4)8(10,11)12/h1-2H. The van der Waals surface area contributed by atoms with Crippen molar-refractivity contribution in [1.82, 2.24) is 0 Å². The lowest BCUT2D eigenvalue weighted by Gasteiger charge is -2.10. The van der Waals surface area contributed by atoms with Gasteiger partial charge in [0, 0.05) is 0 Å². The second-order valence-electron chi connectivity index (χ2n) is 2.46. The molecule has 0 heterocycles. The van der Waals surface area contributed by atoms with Crippen LogP contribution in [0.5, 0.6) is 0 Å². The van der Waals surface area contributed by atoms with E-state index in [-0.39, 0.29) is 5.69 Å². The fourth-order valence-electron chi connectivity index (χ4n) is 0.937. The van der Waals surface area contributed by atoms with Gasteiger partial charge in [-0.25, -0.2) is 9.18 Å². The third kappa shape index (κ3) is 2.54. The quantitative estimate of drug-likeness (QED) is 0.336. The second-order valence-corrected chi connectivity index (χ2v) is 3.54. The maximum Gasteiger partial charge on any atom is 0.420 e. The maximum atomic E-state index is 12.9. The molecule has 0 saturated carbocycles. The Morgan fingerprint density at radius 1 is 1.33 bits per heavy atom. The summed E-state index contributed by atoms with van der Waals surface area (Å²) in [6, 6.07) is 1.60. The van der Waals surface area contributed by atoms with E-state index < -0.39 is 21.1 Å². The summed E-state index contributed by atoms with van der Waals surface area (Å²) in [6.45, 7) is 0. The average molecular weight is 331 g/mol. The minimum absolute atomic E-state index is 0.251. The molecule has 0 aliphatic rings. The summed E-state index contributed by atoms with van der Waals surface area (Å²) < 4.78 is 49.5. The first-order valence-electron chi connectivity index (χ1n) is 3.51. The molecule has 15 heavy (non-hydrogen) atoms. The van der Waals surface area contributed by atoms with E-state index in [0.717, 1.165) is 12.1 Å². The number of halogens is 5. The van der Waals surface area contributed by atoms with Crippen LogP contribution in [0, 0.1) is 9.39 Å². The molecule has 1 rings (SSSR count). The number of carbonyl (C=O) groups excluding carboxylic acids is 1. The van der Waals surface area contributed by atoms with Gasteiger partial charge >= 0.3 is 6.18 Å². The van der Waals surface area contributed by atoms with Crippen LogP contribution in [0.4, 0.5) is 23.2 Å². The Hall–Kier alpha value is -0.950. The van der Waals surface area contributed by atoms with Crippen LogP contribution in [-0.2, 0) is 11.0 Å². The summed E-state index contributed by atoms with van der Waals surface area (Å²) in [7, 11) is 0. The molecule has 7 heteroatoms. The van der Waals surface area contributed by atoms with E-state index in [0.29, 0.717) is 6.07 Å².